The van der Waals surface area contributed by atoms with Gasteiger partial charge in [0.05, 0.1) is 11.8 Å². The van der Waals surface area contributed by atoms with Gasteiger partial charge in [-0.1, -0.05) is 13.8 Å². The van der Waals surface area contributed by atoms with E-state index in [-0.39, 0.29) is 17.9 Å². The fourth-order valence-electron chi connectivity index (χ4n) is 2.32. The van der Waals surface area contributed by atoms with Gasteiger partial charge in [-0.25, -0.2) is 0 Å². The van der Waals surface area contributed by atoms with E-state index < -0.39 is 11.9 Å². The van der Waals surface area contributed by atoms with Crippen LogP contribution in [0.5, 0.6) is 0 Å². The lowest BCUT2D eigenvalue weighted by atomic mass is 10.0. The number of carbonyl (C=O) groups is 2. The number of hydrogen-bond acceptors (Lipinski definition) is 2. The summed E-state index contributed by atoms with van der Waals surface area (Å²) in [6, 6.07) is 0.583. The molecule has 0 bridgehead atoms. The molecule has 0 unspecified atom stereocenters. The van der Waals surface area contributed by atoms with E-state index in [2.05, 4.69) is 20.8 Å². The summed E-state index contributed by atoms with van der Waals surface area (Å²) in [7, 11) is 0. The monoisotopic (exact) mass is 239 g/mol. The van der Waals surface area contributed by atoms with Gasteiger partial charge < -0.3 is 10.0 Å². The summed E-state index contributed by atoms with van der Waals surface area (Å²) in [5.74, 6) is -1.02. The van der Waals surface area contributed by atoms with Gasteiger partial charge in [-0.2, -0.15) is 0 Å². The van der Waals surface area contributed by atoms with E-state index >= 15 is 0 Å². The lowest BCUT2D eigenvalue weighted by Gasteiger charge is -2.32. The van der Waals surface area contributed by atoms with Crippen LogP contribution in [0.25, 0.3) is 0 Å². The smallest absolute Gasteiger partial charge is 0.307 e. The zero-order valence-electron chi connectivity index (χ0n) is 10.7. The molecule has 96 valence electrons. The SMILES string of the molecule is CC(C)[C@H](C)N(C(=O)[C@@H]1C[C@H]1C(=O)O)C1CC1. The van der Waals surface area contributed by atoms with Gasteiger partial charge in [-0.15, -0.1) is 0 Å². The molecule has 3 atom stereocenters. The van der Waals surface area contributed by atoms with E-state index in [1.165, 1.54) is 0 Å². The molecular formula is C13H21NO3. The molecule has 2 fully saturated rings. The molecule has 0 aromatic carbocycles. The van der Waals surface area contributed by atoms with Crippen LogP contribution in [0.2, 0.25) is 0 Å². The molecule has 0 aromatic rings. The van der Waals surface area contributed by atoms with E-state index in [1.807, 2.05) is 4.90 Å². The zero-order chi connectivity index (χ0) is 12.7. The van der Waals surface area contributed by atoms with Crippen molar-refractivity contribution in [3.8, 4) is 0 Å². The van der Waals surface area contributed by atoms with E-state index in [0.29, 0.717) is 18.4 Å². The third-order valence-corrected chi connectivity index (χ3v) is 4.02. The van der Waals surface area contributed by atoms with Crippen LogP contribution in [0.3, 0.4) is 0 Å². The van der Waals surface area contributed by atoms with Crippen LogP contribution in [-0.2, 0) is 9.59 Å². The predicted octanol–water partition coefficient (Wildman–Crippen LogP) is 1.74. The van der Waals surface area contributed by atoms with Gasteiger partial charge in [-0.05, 0) is 32.1 Å². The first kappa shape index (κ1) is 12.4. The van der Waals surface area contributed by atoms with Crippen molar-refractivity contribution in [2.45, 2.75) is 52.1 Å². The zero-order valence-corrected chi connectivity index (χ0v) is 10.7. The van der Waals surface area contributed by atoms with Crippen LogP contribution in [0.15, 0.2) is 0 Å². The fourth-order valence-corrected chi connectivity index (χ4v) is 2.32. The number of amides is 1. The average Bonchev–Trinajstić information content (AvgIpc) is 3.11. The van der Waals surface area contributed by atoms with Crippen LogP contribution >= 0.6 is 0 Å². The van der Waals surface area contributed by atoms with Crippen molar-refractivity contribution in [1.29, 1.82) is 0 Å². The van der Waals surface area contributed by atoms with Gasteiger partial charge in [0.25, 0.3) is 0 Å². The number of carboxylic acids is 1. The van der Waals surface area contributed by atoms with E-state index in [4.69, 9.17) is 5.11 Å². The molecule has 2 aliphatic rings. The second-order valence-corrected chi connectivity index (χ2v) is 5.75. The van der Waals surface area contributed by atoms with Gasteiger partial charge >= 0.3 is 5.97 Å². The van der Waals surface area contributed by atoms with Crippen molar-refractivity contribution < 1.29 is 14.7 Å². The van der Waals surface area contributed by atoms with E-state index in [0.717, 1.165) is 12.8 Å². The Bertz CT molecular complexity index is 336. The topological polar surface area (TPSA) is 57.6 Å². The summed E-state index contributed by atoms with van der Waals surface area (Å²) in [5.41, 5.74) is 0. The van der Waals surface area contributed by atoms with Gasteiger partial charge in [0.1, 0.15) is 0 Å². The normalized spacial score (nSPS) is 28.9. The molecular weight excluding hydrogens is 218 g/mol. The molecule has 0 aliphatic heterocycles. The highest BCUT2D eigenvalue weighted by atomic mass is 16.4. The first-order valence-corrected chi connectivity index (χ1v) is 6.48. The Kier molecular flexibility index (Phi) is 3.15. The Morgan fingerprint density at radius 3 is 2.12 bits per heavy atom. The molecule has 4 heteroatoms. The summed E-state index contributed by atoms with van der Waals surface area (Å²) < 4.78 is 0. The van der Waals surface area contributed by atoms with Crippen LogP contribution in [0.1, 0.15) is 40.0 Å². The second-order valence-electron chi connectivity index (χ2n) is 5.75. The molecule has 2 rings (SSSR count). The van der Waals surface area contributed by atoms with Gasteiger partial charge in [0.15, 0.2) is 0 Å². The molecule has 4 nitrogen and oxygen atoms in total. The number of nitrogens with zero attached hydrogens (tertiary/aromatic N) is 1. The first-order valence-electron chi connectivity index (χ1n) is 6.48. The molecule has 1 N–H and O–H groups in total. The Morgan fingerprint density at radius 1 is 1.18 bits per heavy atom. The van der Waals surface area contributed by atoms with Crippen molar-refractivity contribution in [2.75, 3.05) is 0 Å². The molecule has 0 aromatic heterocycles. The lowest BCUT2D eigenvalue weighted by molar-refractivity contribution is -0.143. The number of hydrogen-bond donors (Lipinski definition) is 1. The average molecular weight is 239 g/mol. The molecule has 2 aliphatic carbocycles. The Labute approximate surface area is 102 Å². The molecule has 0 heterocycles. The van der Waals surface area contributed by atoms with Crippen molar-refractivity contribution in [3.63, 3.8) is 0 Å². The first-order chi connectivity index (χ1) is 7.93. The second kappa shape index (κ2) is 4.31. The highest BCUT2D eigenvalue weighted by Gasteiger charge is 2.52. The van der Waals surface area contributed by atoms with Crippen LogP contribution in [0.4, 0.5) is 0 Å². The Hall–Kier alpha value is -1.06. The van der Waals surface area contributed by atoms with Crippen LogP contribution in [0, 0.1) is 17.8 Å². The summed E-state index contributed by atoms with van der Waals surface area (Å²) in [6.45, 7) is 6.28. The minimum Gasteiger partial charge on any atom is -0.481 e. The maximum absolute atomic E-state index is 12.3. The molecule has 0 saturated heterocycles. The van der Waals surface area contributed by atoms with E-state index in [1.54, 1.807) is 0 Å². The minimum atomic E-state index is -0.823. The summed E-state index contributed by atoms with van der Waals surface area (Å²) in [5, 5.41) is 8.89. The number of rotatable bonds is 5. The largest absolute Gasteiger partial charge is 0.481 e. The molecule has 1 amide bonds. The van der Waals surface area contributed by atoms with Crippen molar-refractivity contribution in [3.05, 3.63) is 0 Å². The predicted molar refractivity (Wildman–Crippen MR) is 63.4 cm³/mol. The molecule has 0 radical (unpaired) electrons. The quantitative estimate of drug-likeness (QED) is 0.795. The summed E-state index contributed by atoms with van der Waals surface area (Å²) in [6.07, 6.45) is 2.68. The number of aliphatic carboxylic acids is 1. The van der Waals surface area contributed by atoms with Crippen LogP contribution < -0.4 is 0 Å². The van der Waals surface area contributed by atoms with Gasteiger partial charge in [-0.3, -0.25) is 9.59 Å². The molecule has 2 saturated carbocycles. The third kappa shape index (κ3) is 2.45. The minimum absolute atomic E-state index is 0.0705. The van der Waals surface area contributed by atoms with Crippen molar-refractivity contribution in [1.82, 2.24) is 4.90 Å². The summed E-state index contributed by atoms with van der Waals surface area (Å²) in [4.78, 5) is 25.1. The standard InChI is InChI=1S/C13H21NO3/c1-7(2)8(3)14(9-4-5-9)12(15)10-6-11(10)13(16)17/h7-11H,4-6H2,1-3H3,(H,16,17)/t8-,10+,11+/m0/s1. The Morgan fingerprint density at radius 2 is 1.76 bits per heavy atom. The maximum Gasteiger partial charge on any atom is 0.307 e. The molecule has 0 spiro atoms. The number of carboxylic acid groups (broad SMARTS) is 1. The number of carbonyl (C=O) groups excluding carboxylic acids is 1. The van der Waals surface area contributed by atoms with Crippen molar-refractivity contribution in [2.24, 2.45) is 17.8 Å². The van der Waals surface area contributed by atoms with Crippen molar-refractivity contribution >= 4 is 11.9 Å². The molecule has 17 heavy (non-hydrogen) atoms. The van der Waals surface area contributed by atoms with Gasteiger partial charge in [0, 0.05) is 12.1 Å². The highest BCUT2D eigenvalue weighted by molar-refractivity contribution is 5.90. The highest BCUT2D eigenvalue weighted by Crippen LogP contribution is 2.43. The fraction of sp³-hybridized carbons (Fsp3) is 0.846. The maximum atomic E-state index is 12.3. The van der Waals surface area contributed by atoms with Crippen LogP contribution in [-0.4, -0.2) is 34.0 Å². The Balaban J connectivity index is 2.02. The third-order valence-electron chi connectivity index (χ3n) is 4.02. The van der Waals surface area contributed by atoms with E-state index in [9.17, 15) is 9.59 Å². The summed E-state index contributed by atoms with van der Waals surface area (Å²) >= 11 is 0. The lowest BCUT2D eigenvalue weighted by Crippen LogP contribution is -2.44. The van der Waals surface area contributed by atoms with Gasteiger partial charge in [0.2, 0.25) is 5.91 Å².